The smallest absolute Gasteiger partial charge is 0.317 e. The van der Waals surface area contributed by atoms with E-state index >= 15 is 0 Å². The zero-order valence-electron chi connectivity index (χ0n) is 14.7. The van der Waals surface area contributed by atoms with Gasteiger partial charge in [-0.15, -0.1) is 0 Å². The van der Waals surface area contributed by atoms with Gasteiger partial charge in [0.15, 0.2) is 0 Å². The van der Waals surface area contributed by atoms with Crippen LogP contribution in [0.1, 0.15) is 31.2 Å². The summed E-state index contributed by atoms with van der Waals surface area (Å²) < 4.78 is 0. The van der Waals surface area contributed by atoms with Gasteiger partial charge in [-0.2, -0.15) is 0 Å². The number of nitrogens with one attached hydrogen (secondary N) is 1. The Kier molecular flexibility index (Phi) is 4.64. The predicted octanol–water partition coefficient (Wildman–Crippen LogP) is 2.27. The van der Waals surface area contributed by atoms with Crippen LogP contribution in [0.25, 0.3) is 0 Å². The van der Waals surface area contributed by atoms with Gasteiger partial charge in [-0.3, -0.25) is 4.79 Å². The van der Waals surface area contributed by atoms with Gasteiger partial charge in [0.2, 0.25) is 5.91 Å². The summed E-state index contributed by atoms with van der Waals surface area (Å²) in [6.45, 7) is 3.10. The van der Waals surface area contributed by atoms with Gasteiger partial charge in [-0.05, 0) is 37.2 Å². The van der Waals surface area contributed by atoms with Crippen molar-refractivity contribution in [2.45, 2.75) is 38.1 Å². The molecular formula is C20H27N3O2. The summed E-state index contributed by atoms with van der Waals surface area (Å²) in [6, 6.07) is 11.0. The summed E-state index contributed by atoms with van der Waals surface area (Å²) >= 11 is 0. The van der Waals surface area contributed by atoms with E-state index in [2.05, 4.69) is 29.6 Å². The molecule has 0 bridgehead atoms. The molecule has 3 aliphatic rings. The van der Waals surface area contributed by atoms with Crippen LogP contribution in [0.5, 0.6) is 0 Å². The maximum atomic E-state index is 12.4. The molecule has 2 saturated heterocycles. The van der Waals surface area contributed by atoms with Crippen molar-refractivity contribution in [1.29, 1.82) is 0 Å². The van der Waals surface area contributed by atoms with E-state index in [4.69, 9.17) is 0 Å². The van der Waals surface area contributed by atoms with Crippen molar-refractivity contribution in [3.63, 3.8) is 0 Å². The molecule has 5 nitrogen and oxygen atoms in total. The Bertz CT molecular complexity index is 629. The lowest BCUT2D eigenvalue weighted by Crippen LogP contribution is -2.41. The summed E-state index contributed by atoms with van der Waals surface area (Å²) in [5.74, 6) is 1.09. The molecule has 3 amide bonds. The Morgan fingerprint density at radius 3 is 2.64 bits per heavy atom. The first-order valence-electron chi connectivity index (χ1n) is 9.55. The second kappa shape index (κ2) is 7.06. The van der Waals surface area contributed by atoms with E-state index in [0.717, 1.165) is 45.3 Å². The highest BCUT2D eigenvalue weighted by atomic mass is 16.2. The number of hydrogen-bond donors (Lipinski definition) is 1. The van der Waals surface area contributed by atoms with E-state index in [1.807, 2.05) is 15.9 Å². The molecule has 4 rings (SSSR count). The highest BCUT2D eigenvalue weighted by Gasteiger charge is 2.39. The quantitative estimate of drug-likeness (QED) is 0.893. The van der Waals surface area contributed by atoms with Crippen LogP contribution in [0, 0.1) is 11.8 Å². The SMILES string of the molecule is O=C(NCC1CC(=O)N(C2CC2)C1)N1CCC(Cc2ccccc2)C1. The lowest BCUT2D eigenvalue weighted by Gasteiger charge is -2.19. The van der Waals surface area contributed by atoms with Gasteiger partial charge < -0.3 is 15.1 Å². The van der Waals surface area contributed by atoms with Crippen LogP contribution >= 0.6 is 0 Å². The Labute approximate surface area is 149 Å². The molecule has 5 heteroatoms. The molecule has 1 aliphatic carbocycles. The normalized spacial score (nSPS) is 26.3. The summed E-state index contributed by atoms with van der Waals surface area (Å²) in [5.41, 5.74) is 1.35. The molecule has 25 heavy (non-hydrogen) atoms. The minimum Gasteiger partial charge on any atom is -0.339 e. The first-order chi connectivity index (χ1) is 12.2. The number of benzene rings is 1. The molecule has 1 aromatic carbocycles. The number of hydrogen-bond acceptors (Lipinski definition) is 2. The first kappa shape index (κ1) is 16.4. The van der Waals surface area contributed by atoms with Crippen molar-refractivity contribution in [2.75, 3.05) is 26.2 Å². The van der Waals surface area contributed by atoms with Crippen molar-refractivity contribution < 1.29 is 9.59 Å². The lowest BCUT2D eigenvalue weighted by molar-refractivity contribution is -0.128. The van der Waals surface area contributed by atoms with E-state index in [9.17, 15) is 9.59 Å². The predicted molar refractivity (Wildman–Crippen MR) is 96.1 cm³/mol. The fourth-order valence-electron chi connectivity index (χ4n) is 4.16. The molecule has 1 saturated carbocycles. The molecule has 0 aromatic heterocycles. The minimum atomic E-state index is 0.0351. The molecule has 0 radical (unpaired) electrons. The van der Waals surface area contributed by atoms with Crippen LogP contribution in [0.4, 0.5) is 4.79 Å². The molecule has 0 spiro atoms. The van der Waals surface area contributed by atoms with Crippen LogP contribution in [0.15, 0.2) is 30.3 Å². The Balaban J connectivity index is 1.20. The zero-order chi connectivity index (χ0) is 17.2. The highest BCUT2D eigenvalue weighted by molar-refractivity contribution is 5.79. The third-order valence-electron chi connectivity index (χ3n) is 5.71. The molecule has 134 valence electrons. The van der Waals surface area contributed by atoms with Crippen LogP contribution < -0.4 is 5.32 Å². The van der Waals surface area contributed by atoms with Crippen LogP contribution in [-0.4, -0.2) is 54.0 Å². The number of amides is 3. The fourth-order valence-corrected chi connectivity index (χ4v) is 4.16. The average Bonchev–Trinajstić information content (AvgIpc) is 3.24. The monoisotopic (exact) mass is 341 g/mol. The second-order valence-electron chi connectivity index (χ2n) is 7.82. The number of carbonyl (C=O) groups excluding carboxylic acids is 2. The molecular weight excluding hydrogens is 314 g/mol. The van der Waals surface area contributed by atoms with E-state index in [-0.39, 0.29) is 17.9 Å². The fraction of sp³-hybridized carbons (Fsp3) is 0.600. The number of likely N-dealkylation sites (tertiary alicyclic amines) is 2. The van der Waals surface area contributed by atoms with Crippen molar-refractivity contribution in [2.24, 2.45) is 11.8 Å². The number of urea groups is 1. The molecule has 1 N–H and O–H groups in total. The molecule has 2 atom stereocenters. The molecule has 3 fully saturated rings. The summed E-state index contributed by atoms with van der Waals surface area (Å²) in [7, 11) is 0. The van der Waals surface area contributed by atoms with Crippen LogP contribution in [0.3, 0.4) is 0 Å². The largest absolute Gasteiger partial charge is 0.339 e. The van der Waals surface area contributed by atoms with Gasteiger partial charge in [0.05, 0.1) is 0 Å². The highest BCUT2D eigenvalue weighted by Crippen LogP contribution is 2.32. The molecule has 2 heterocycles. The molecule has 2 aliphatic heterocycles. The Morgan fingerprint density at radius 2 is 1.88 bits per heavy atom. The van der Waals surface area contributed by atoms with Gasteiger partial charge in [0.1, 0.15) is 0 Å². The minimum absolute atomic E-state index is 0.0351. The van der Waals surface area contributed by atoms with E-state index in [0.29, 0.717) is 24.9 Å². The third kappa shape index (κ3) is 3.97. The van der Waals surface area contributed by atoms with Gasteiger partial charge in [-0.25, -0.2) is 4.79 Å². The topological polar surface area (TPSA) is 52.7 Å². The Hall–Kier alpha value is -2.04. The zero-order valence-corrected chi connectivity index (χ0v) is 14.7. The van der Waals surface area contributed by atoms with Crippen molar-refractivity contribution in [3.8, 4) is 0 Å². The summed E-state index contributed by atoms with van der Waals surface area (Å²) in [6.07, 6.45) is 5.01. The van der Waals surface area contributed by atoms with Gasteiger partial charge >= 0.3 is 6.03 Å². The molecule has 2 unspecified atom stereocenters. The standard InChI is InChI=1S/C20H27N3O2/c24-19-11-17(14-23(19)18-6-7-18)12-21-20(25)22-9-8-16(13-22)10-15-4-2-1-3-5-15/h1-5,16-18H,6-14H2,(H,21,25). The Morgan fingerprint density at radius 1 is 1.08 bits per heavy atom. The van der Waals surface area contributed by atoms with Crippen LogP contribution in [0.2, 0.25) is 0 Å². The van der Waals surface area contributed by atoms with E-state index < -0.39 is 0 Å². The van der Waals surface area contributed by atoms with Crippen molar-refractivity contribution in [3.05, 3.63) is 35.9 Å². The number of rotatable bonds is 5. The van der Waals surface area contributed by atoms with Crippen molar-refractivity contribution in [1.82, 2.24) is 15.1 Å². The third-order valence-corrected chi connectivity index (χ3v) is 5.71. The number of carbonyl (C=O) groups is 2. The van der Waals surface area contributed by atoms with Crippen LogP contribution in [-0.2, 0) is 11.2 Å². The maximum Gasteiger partial charge on any atom is 0.317 e. The average molecular weight is 341 g/mol. The maximum absolute atomic E-state index is 12.4. The van der Waals surface area contributed by atoms with E-state index in [1.54, 1.807) is 0 Å². The van der Waals surface area contributed by atoms with E-state index in [1.165, 1.54) is 5.56 Å². The lowest BCUT2D eigenvalue weighted by atomic mass is 9.99. The van der Waals surface area contributed by atoms with Crippen molar-refractivity contribution >= 4 is 11.9 Å². The summed E-state index contributed by atoms with van der Waals surface area (Å²) in [4.78, 5) is 28.4. The van der Waals surface area contributed by atoms with Gasteiger partial charge in [0, 0.05) is 44.6 Å². The molecule has 1 aromatic rings. The summed E-state index contributed by atoms with van der Waals surface area (Å²) in [5, 5.41) is 3.06. The number of nitrogens with zero attached hydrogens (tertiary/aromatic N) is 2. The first-order valence-corrected chi connectivity index (χ1v) is 9.55. The van der Waals surface area contributed by atoms with Gasteiger partial charge in [0.25, 0.3) is 0 Å². The second-order valence-corrected chi connectivity index (χ2v) is 7.82. The van der Waals surface area contributed by atoms with Gasteiger partial charge in [-0.1, -0.05) is 30.3 Å².